The Morgan fingerprint density at radius 3 is 2.50 bits per heavy atom. The molecule has 2 amide bonds. The van der Waals surface area contributed by atoms with E-state index >= 15 is 0 Å². The second-order valence-corrected chi connectivity index (χ2v) is 6.60. The largest absolute Gasteiger partial charge is 0.388 e. The highest BCUT2D eigenvalue weighted by Crippen LogP contribution is 2.16. The van der Waals surface area contributed by atoms with Crippen molar-refractivity contribution >= 4 is 6.03 Å². The van der Waals surface area contributed by atoms with Crippen molar-refractivity contribution in [1.82, 2.24) is 20.4 Å². The van der Waals surface area contributed by atoms with Crippen LogP contribution >= 0.6 is 0 Å². The zero-order chi connectivity index (χ0) is 17.7. The van der Waals surface area contributed by atoms with Crippen molar-refractivity contribution in [3.05, 3.63) is 48.3 Å². The minimum atomic E-state index is -0.925. The van der Waals surface area contributed by atoms with Crippen molar-refractivity contribution in [2.24, 2.45) is 5.92 Å². The number of carbonyl (C=O) groups is 1. The molecule has 6 heteroatoms. The number of urea groups is 1. The molecular formula is C18H26N4O2. The number of aliphatic hydroxyl groups is 1. The lowest BCUT2D eigenvalue weighted by Gasteiger charge is -2.28. The van der Waals surface area contributed by atoms with Gasteiger partial charge in [0.1, 0.15) is 0 Å². The maximum atomic E-state index is 12.0. The SMILES string of the molecule is CC(NC(=O)NCC(C)(O)C(C)C)c1ccc(-n2cccn2)cc1. The second kappa shape index (κ2) is 7.49. The summed E-state index contributed by atoms with van der Waals surface area (Å²) < 4.78 is 1.78. The lowest BCUT2D eigenvalue weighted by molar-refractivity contribution is 0.0165. The van der Waals surface area contributed by atoms with Crippen molar-refractivity contribution in [2.45, 2.75) is 39.3 Å². The summed E-state index contributed by atoms with van der Waals surface area (Å²) in [7, 11) is 0. The summed E-state index contributed by atoms with van der Waals surface area (Å²) in [4.78, 5) is 12.0. The molecule has 0 fully saturated rings. The molecule has 3 N–H and O–H groups in total. The first-order chi connectivity index (χ1) is 11.3. The first-order valence-corrected chi connectivity index (χ1v) is 8.16. The molecule has 2 aromatic rings. The summed E-state index contributed by atoms with van der Waals surface area (Å²) in [5, 5.41) is 19.9. The van der Waals surface area contributed by atoms with E-state index in [1.807, 2.05) is 57.3 Å². The zero-order valence-corrected chi connectivity index (χ0v) is 14.7. The summed E-state index contributed by atoms with van der Waals surface area (Å²) in [5.41, 5.74) is 1.04. The Morgan fingerprint density at radius 1 is 1.29 bits per heavy atom. The number of hydrogen-bond donors (Lipinski definition) is 3. The van der Waals surface area contributed by atoms with E-state index in [2.05, 4.69) is 15.7 Å². The Labute approximate surface area is 142 Å². The second-order valence-electron chi connectivity index (χ2n) is 6.60. The fraction of sp³-hybridized carbons (Fsp3) is 0.444. The van der Waals surface area contributed by atoms with Crippen LogP contribution in [0.15, 0.2) is 42.7 Å². The van der Waals surface area contributed by atoms with Crippen molar-refractivity contribution in [1.29, 1.82) is 0 Å². The smallest absolute Gasteiger partial charge is 0.315 e. The number of hydrogen-bond acceptors (Lipinski definition) is 3. The van der Waals surface area contributed by atoms with E-state index < -0.39 is 5.60 Å². The van der Waals surface area contributed by atoms with Crippen LogP contribution in [0.25, 0.3) is 5.69 Å². The molecule has 130 valence electrons. The Morgan fingerprint density at radius 2 is 1.96 bits per heavy atom. The Hall–Kier alpha value is -2.34. The van der Waals surface area contributed by atoms with Gasteiger partial charge in [-0.05, 0) is 43.5 Å². The van der Waals surface area contributed by atoms with Crippen LogP contribution in [-0.4, -0.2) is 33.1 Å². The van der Waals surface area contributed by atoms with Gasteiger partial charge >= 0.3 is 6.03 Å². The summed E-state index contributed by atoms with van der Waals surface area (Å²) in [6.07, 6.45) is 3.61. The highest BCUT2D eigenvalue weighted by molar-refractivity contribution is 5.74. The minimum absolute atomic E-state index is 0.0602. The van der Waals surface area contributed by atoms with Gasteiger partial charge in [-0.1, -0.05) is 26.0 Å². The molecule has 2 atom stereocenters. The zero-order valence-electron chi connectivity index (χ0n) is 14.7. The molecule has 2 rings (SSSR count). The topological polar surface area (TPSA) is 79.2 Å². The van der Waals surface area contributed by atoms with Crippen LogP contribution in [0.4, 0.5) is 4.79 Å². The fourth-order valence-corrected chi connectivity index (χ4v) is 2.13. The van der Waals surface area contributed by atoms with Crippen molar-refractivity contribution in [3.63, 3.8) is 0 Å². The number of carbonyl (C=O) groups excluding carboxylic acids is 1. The minimum Gasteiger partial charge on any atom is -0.388 e. The van der Waals surface area contributed by atoms with Crippen molar-refractivity contribution < 1.29 is 9.90 Å². The third-order valence-electron chi connectivity index (χ3n) is 4.36. The van der Waals surface area contributed by atoms with E-state index in [-0.39, 0.29) is 24.5 Å². The van der Waals surface area contributed by atoms with Gasteiger partial charge in [-0.3, -0.25) is 0 Å². The van der Waals surface area contributed by atoms with Crippen LogP contribution in [0, 0.1) is 5.92 Å². The normalized spacial score (nSPS) is 14.9. The molecule has 6 nitrogen and oxygen atoms in total. The van der Waals surface area contributed by atoms with Crippen LogP contribution in [-0.2, 0) is 0 Å². The number of nitrogens with zero attached hydrogens (tertiary/aromatic N) is 2. The maximum Gasteiger partial charge on any atom is 0.315 e. The van der Waals surface area contributed by atoms with Crippen LogP contribution in [0.2, 0.25) is 0 Å². The highest BCUT2D eigenvalue weighted by Gasteiger charge is 2.25. The Bertz CT molecular complexity index is 648. The molecule has 0 saturated carbocycles. The average Bonchev–Trinajstić information content (AvgIpc) is 3.07. The predicted octanol–water partition coefficient (Wildman–Crippen LogP) is 2.64. The van der Waals surface area contributed by atoms with Gasteiger partial charge < -0.3 is 15.7 Å². The molecular weight excluding hydrogens is 304 g/mol. The van der Waals surface area contributed by atoms with Crippen LogP contribution in [0.5, 0.6) is 0 Å². The molecule has 0 aliphatic carbocycles. The first kappa shape index (κ1) is 18.0. The number of rotatable bonds is 6. The average molecular weight is 330 g/mol. The molecule has 0 aliphatic rings. The molecule has 0 saturated heterocycles. The molecule has 0 aliphatic heterocycles. The standard InChI is InChI=1S/C18H26N4O2/c1-13(2)18(4,24)12-19-17(23)21-14(3)15-6-8-16(9-7-15)22-11-5-10-20-22/h5-11,13-14,24H,12H2,1-4H3,(H2,19,21,23). The van der Waals surface area contributed by atoms with E-state index in [0.717, 1.165) is 11.3 Å². The van der Waals surface area contributed by atoms with Crippen molar-refractivity contribution in [2.75, 3.05) is 6.54 Å². The Balaban J connectivity index is 1.90. The van der Waals surface area contributed by atoms with Gasteiger partial charge in [-0.15, -0.1) is 0 Å². The van der Waals surface area contributed by atoms with E-state index in [4.69, 9.17) is 0 Å². The van der Waals surface area contributed by atoms with E-state index in [1.165, 1.54) is 0 Å². The fourth-order valence-electron chi connectivity index (χ4n) is 2.13. The monoisotopic (exact) mass is 330 g/mol. The molecule has 0 radical (unpaired) electrons. The number of nitrogens with one attached hydrogen (secondary N) is 2. The molecule has 1 aromatic carbocycles. The number of amides is 2. The van der Waals surface area contributed by atoms with Gasteiger partial charge in [-0.2, -0.15) is 5.10 Å². The van der Waals surface area contributed by atoms with Gasteiger partial charge in [0, 0.05) is 18.9 Å². The van der Waals surface area contributed by atoms with Gasteiger partial charge in [-0.25, -0.2) is 9.48 Å². The van der Waals surface area contributed by atoms with Gasteiger partial charge in [0.05, 0.1) is 17.3 Å². The maximum absolute atomic E-state index is 12.0. The van der Waals surface area contributed by atoms with E-state index in [9.17, 15) is 9.90 Å². The van der Waals surface area contributed by atoms with E-state index in [0.29, 0.717) is 0 Å². The molecule has 1 aromatic heterocycles. The van der Waals surface area contributed by atoms with Crippen molar-refractivity contribution in [3.8, 4) is 5.69 Å². The summed E-state index contributed by atoms with van der Waals surface area (Å²) in [5.74, 6) is 0.0602. The van der Waals surface area contributed by atoms with Crippen LogP contribution in [0.1, 0.15) is 39.3 Å². The summed E-state index contributed by atoms with van der Waals surface area (Å²) >= 11 is 0. The van der Waals surface area contributed by atoms with Gasteiger partial charge in [0.2, 0.25) is 0 Å². The summed E-state index contributed by atoms with van der Waals surface area (Å²) in [6, 6.07) is 9.29. The highest BCUT2D eigenvalue weighted by atomic mass is 16.3. The summed E-state index contributed by atoms with van der Waals surface area (Å²) in [6.45, 7) is 7.69. The lowest BCUT2D eigenvalue weighted by Crippen LogP contribution is -2.47. The molecule has 1 heterocycles. The Kier molecular flexibility index (Phi) is 5.62. The van der Waals surface area contributed by atoms with Crippen LogP contribution in [0.3, 0.4) is 0 Å². The molecule has 0 bridgehead atoms. The lowest BCUT2D eigenvalue weighted by atomic mass is 9.93. The van der Waals surface area contributed by atoms with Gasteiger partial charge in [0.25, 0.3) is 0 Å². The van der Waals surface area contributed by atoms with Crippen LogP contribution < -0.4 is 10.6 Å². The number of benzene rings is 1. The molecule has 2 unspecified atom stereocenters. The molecule has 0 spiro atoms. The third kappa shape index (κ3) is 4.58. The van der Waals surface area contributed by atoms with E-state index in [1.54, 1.807) is 17.8 Å². The predicted molar refractivity (Wildman–Crippen MR) is 94.0 cm³/mol. The molecule has 24 heavy (non-hydrogen) atoms. The quantitative estimate of drug-likeness (QED) is 0.762. The number of aromatic nitrogens is 2. The third-order valence-corrected chi connectivity index (χ3v) is 4.36. The van der Waals surface area contributed by atoms with Gasteiger partial charge in [0.15, 0.2) is 0 Å². The first-order valence-electron chi connectivity index (χ1n) is 8.16.